The molecule has 0 unspecified atom stereocenters. The number of aromatic hydroxyl groups is 3. The number of pyridine rings is 3. The fourth-order valence-corrected chi connectivity index (χ4v) is 1.03. The first-order chi connectivity index (χ1) is 11.9. The predicted octanol–water partition coefficient (Wildman–Crippen LogP) is 4.43. The Morgan fingerprint density at radius 2 is 0.680 bits per heavy atom. The average Bonchev–Trinajstić information content (AvgIpc) is 2.58. The van der Waals surface area contributed by atoms with Crippen LogP contribution in [0.15, 0.2) is 73.6 Å². The van der Waals surface area contributed by atoms with E-state index in [0.29, 0.717) is 0 Å². The second kappa shape index (κ2) is 15.8. The van der Waals surface area contributed by atoms with Crippen molar-refractivity contribution in [3.8, 4) is 17.2 Å². The van der Waals surface area contributed by atoms with E-state index in [1.165, 1.54) is 73.6 Å². The molecule has 6 nitrogen and oxygen atoms in total. The maximum atomic E-state index is 8.59. The third-order valence-corrected chi connectivity index (χ3v) is 1.99. The summed E-state index contributed by atoms with van der Waals surface area (Å²) in [4.78, 5) is 11.1. The summed E-state index contributed by atoms with van der Waals surface area (Å²) in [6, 6.07) is 9.17. The van der Waals surface area contributed by atoms with Gasteiger partial charge in [-0.15, -0.1) is 0 Å². The van der Waals surface area contributed by atoms with Gasteiger partial charge in [0, 0.05) is 37.2 Å². The summed E-state index contributed by atoms with van der Waals surface area (Å²) >= 11 is -1.75. The van der Waals surface area contributed by atoms with Gasteiger partial charge in [0.05, 0.1) is 0 Å². The Morgan fingerprint density at radius 1 is 0.520 bits per heavy atom. The molecule has 137 valence electrons. The molecule has 0 aromatic carbocycles. The number of rotatable bonds is 0. The van der Waals surface area contributed by atoms with E-state index in [2.05, 4.69) is 15.0 Å². The van der Waals surface area contributed by atoms with Crippen LogP contribution in [0.1, 0.15) is 0 Å². The van der Waals surface area contributed by atoms with Crippen molar-refractivity contribution in [3.05, 3.63) is 73.6 Å². The Labute approximate surface area is 162 Å². The molecule has 0 aliphatic rings. The van der Waals surface area contributed by atoms with Gasteiger partial charge in [0.1, 0.15) is 17.2 Å². The fraction of sp³-hybridized carbons (Fsp3) is 0. The van der Waals surface area contributed by atoms with E-state index in [1.807, 2.05) is 0 Å². The fourth-order valence-electron chi connectivity index (χ4n) is 1.03. The molecule has 3 heterocycles. The molecule has 0 aliphatic heterocycles. The first-order valence-electron chi connectivity index (χ1n) is 6.35. The van der Waals surface area contributed by atoms with Gasteiger partial charge in [-0.25, -0.2) is 0 Å². The minimum atomic E-state index is -1.75. The van der Waals surface area contributed by atoms with Gasteiger partial charge < -0.3 is 15.3 Å². The Hall–Kier alpha value is -1.66. The molecule has 0 atom stereocenters. The molecule has 0 saturated carbocycles. The van der Waals surface area contributed by atoms with Crippen LogP contribution >= 0.6 is 29.1 Å². The molecule has 0 saturated heterocycles. The minimum absolute atomic E-state index is 0.259. The zero-order valence-corrected chi connectivity index (χ0v) is 16.6. The van der Waals surface area contributed by atoms with Crippen LogP contribution < -0.4 is 0 Å². The van der Waals surface area contributed by atoms with Crippen molar-refractivity contribution >= 4 is 29.1 Å². The number of hydrogen-bond acceptors (Lipinski definition) is 6. The van der Waals surface area contributed by atoms with Crippen molar-refractivity contribution in [2.45, 2.75) is 0 Å². The summed E-state index contributed by atoms with van der Waals surface area (Å²) in [5.74, 6) is 0.778. The molecule has 0 radical (unpaired) electrons. The Balaban J connectivity index is 0.000000314. The quantitative estimate of drug-likeness (QED) is 0.402. The van der Waals surface area contributed by atoms with Crippen molar-refractivity contribution in [1.82, 2.24) is 15.0 Å². The zero-order chi connectivity index (χ0) is 18.9. The van der Waals surface area contributed by atoms with Crippen molar-refractivity contribution in [2.24, 2.45) is 0 Å². The summed E-state index contributed by atoms with van der Waals surface area (Å²) in [7, 11) is 14.8. The third kappa shape index (κ3) is 18.5. The molecule has 0 fully saturated rings. The number of aromatic nitrogens is 3. The summed E-state index contributed by atoms with van der Waals surface area (Å²) in [5, 5.41) is 25.8. The van der Waals surface area contributed by atoms with Gasteiger partial charge in [-0.05, 0) is 36.4 Å². The van der Waals surface area contributed by atoms with Crippen molar-refractivity contribution in [3.63, 3.8) is 0 Å². The van der Waals surface area contributed by atoms with Gasteiger partial charge in [0.2, 0.25) is 0 Å². The molecule has 10 heteroatoms. The van der Waals surface area contributed by atoms with Crippen molar-refractivity contribution in [1.29, 1.82) is 0 Å². The van der Waals surface area contributed by atoms with E-state index < -0.39 is 13.0 Å². The molecule has 3 N–H and O–H groups in total. The average molecular weight is 493 g/mol. The van der Waals surface area contributed by atoms with Gasteiger partial charge in [0.25, 0.3) is 0 Å². The number of nitrogens with zero attached hydrogens (tertiary/aromatic N) is 3. The molecule has 0 amide bonds. The van der Waals surface area contributed by atoms with Crippen LogP contribution in [-0.4, -0.2) is 30.3 Å². The monoisotopic (exact) mass is 492 g/mol. The van der Waals surface area contributed by atoms with Crippen LogP contribution in [0.3, 0.4) is 0 Å². The zero-order valence-electron chi connectivity index (χ0n) is 12.6. The van der Waals surface area contributed by atoms with Gasteiger partial charge in [-0.1, -0.05) is 0 Å². The normalized spacial score (nSPS) is 9.00. The van der Waals surface area contributed by atoms with Gasteiger partial charge in [-0.3, -0.25) is 15.0 Å². The SMILES string of the molecule is Oc1ccncc1.Oc1ccncc1.Oc1ccncc1.[Cl][Ru]([Cl])[Cl]. The van der Waals surface area contributed by atoms with E-state index in [-0.39, 0.29) is 17.2 Å². The second-order valence-electron chi connectivity index (χ2n) is 3.77. The van der Waals surface area contributed by atoms with Crippen LogP contribution in [-0.2, 0) is 13.0 Å². The third-order valence-electron chi connectivity index (χ3n) is 1.99. The Kier molecular flexibility index (Phi) is 14.8. The Morgan fingerprint density at radius 3 is 0.760 bits per heavy atom. The van der Waals surface area contributed by atoms with Gasteiger partial charge >= 0.3 is 42.1 Å². The van der Waals surface area contributed by atoms with Crippen molar-refractivity contribution < 1.29 is 28.3 Å². The summed E-state index contributed by atoms with van der Waals surface area (Å²) in [6.45, 7) is 0. The van der Waals surface area contributed by atoms with E-state index >= 15 is 0 Å². The molecule has 25 heavy (non-hydrogen) atoms. The number of hydrogen-bond donors (Lipinski definition) is 3. The van der Waals surface area contributed by atoms with Crippen LogP contribution in [0, 0.1) is 0 Å². The van der Waals surface area contributed by atoms with Gasteiger partial charge in [0.15, 0.2) is 0 Å². The predicted molar refractivity (Wildman–Crippen MR) is 95.3 cm³/mol. The topological polar surface area (TPSA) is 99.4 Å². The summed E-state index contributed by atoms with van der Waals surface area (Å²) < 4.78 is 0. The molecule has 0 spiro atoms. The first-order valence-corrected chi connectivity index (χ1v) is 13.1. The summed E-state index contributed by atoms with van der Waals surface area (Å²) in [5.41, 5.74) is 0. The molecule has 0 bridgehead atoms. The molecular formula is C15H15Cl3N3O3Ru. The standard InChI is InChI=1S/3C5H5NO.3ClH.Ru/c3*7-5-1-3-6-4-2-5;;;;/h3*1-4H,(H,6,7);3*1H;/q;;;;;;+3/p-3. The Bertz CT molecular complexity index is 561. The number of halogens is 3. The van der Waals surface area contributed by atoms with Gasteiger partial charge in [-0.2, -0.15) is 0 Å². The van der Waals surface area contributed by atoms with Crippen molar-refractivity contribution in [2.75, 3.05) is 0 Å². The van der Waals surface area contributed by atoms with Crippen LogP contribution in [0.5, 0.6) is 17.2 Å². The van der Waals surface area contributed by atoms with E-state index in [1.54, 1.807) is 0 Å². The van der Waals surface area contributed by atoms with Crippen LogP contribution in [0.4, 0.5) is 0 Å². The van der Waals surface area contributed by atoms with Crippen LogP contribution in [0.2, 0.25) is 0 Å². The molecule has 3 aromatic rings. The van der Waals surface area contributed by atoms with Crippen LogP contribution in [0.25, 0.3) is 0 Å². The van der Waals surface area contributed by atoms with E-state index in [9.17, 15) is 0 Å². The van der Waals surface area contributed by atoms with E-state index in [0.717, 1.165) is 0 Å². The first kappa shape index (κ1) is 23.3. The molecule has 3 rings (SSSR count). The molecule has 3 aromatic heterocycles. The second-order valence-corrected chi connectivity index (χ2v) is 11.7. The molecular weight excluding hydrogens is 478 g/mol. The maximum absolute atomic E-state index is 8.59. The molecule has 0 aliphatic carbocycles. The van der Waals surface area contributed by atoms with E-state index in [4.69, 9.17) is 44.4 Å². The summed E-state index contributed by atoms with van der Waals surface area (Å²) in [6.07, 6.45) is 9.22.